The molecule has 4 heteroatoms. The van der Waals surface area contributed by atoms with Gasteiger partial charge in [-0.25, -0.2) is 4.98 Å². The van der Waals surface area contributed by atoms with Gasteiger partial charge in [-0.1, -0.05) is 25.1 Å². The van der Waals surface area contributed by atoms with Gasteiger partial charge in [0.1, 0.15) is 0 Å². The van der Waals surface area contributed by atoms with Gasteiger partial charge < -0.3 is 5.32 Å². The van der Waals surface area contributed by atoms with Crippen LogP contribution < -0.4 is 5.32 Å². The van der Waals surface area contributed by atoms with Crippen LogP contribution in [0.5, 0.6) is 0 Å². The van der Waals surface area contributed by atoms with Crippen molar-refractivity contribution < 1.29 is 0 Å². The second kappa shape index (κ2) is 6.48. The van der Waals surface area contributed by atoms with Gasteiger partial charge in [0.25, 0.3) is 0 Å². The Balaban J connectivity index is 1.87. The predicted octanol–water partition coefficient (Wildman–Crippen LogP) is 4.64. The Kier molecular flexibility index (Phi) is 4.45. The van der Waals surface area contributed by atoms with E-state index in [0.29, 0.717) is 6.04 Å². The van der Waals surface area contributed by atoms with Crippen molar-refractivity contribution in [2.45, 2.75) is 25.8 Å². The molecule has 0 fully saturated rings. The van der Waals surface area contributed by atoms with Crippen LogP contribution in [0, 0.1) is 0 Å². The number of hydrogen-bond acceptors (Lipinski definition) is 4. The molecule has 0 spiro atoms. The molecule has 0 aliphatic rings. The molecule has 1 atom stereocenters. The van der Waals surface area contributed by atoms with Crippen LogP contribution in [0.1, 0.15) is 29.3 Å². The third-order valence-electron chi connectivity index (χ3n) is 3.29. The maximum Gasteiger partial charge on any atom is 0.0944 e. The van der Waals surface area contributed by atoms with Crippen molar-refractivity contribution in [3.63, 3.8) is 0 Å². The van der Waals surface area contributed by atoms with Crippen LogP contribution >= 0.6 is 22.7 Å². The fourth-order valence-electron chi connectivity index (χ4n) is 2.29. The Morgan fingerprint density at radius 1 is 1.30 bits per heavy atom. The Morgan fingerprint density at radius 2 is 2.20 bits per heavy atom. The van der Waals surface area contributed by atoms with Gasteiger partial charge in [0.2, 0.25) is 0 Å². The van der Waals surface area contributed by atoms with E-state index in [2.05, 4.69) is 52.9 Å². The highest BCUT2D eigenvalue weighted by atomic mass is 32.1. The fourth-order valence-corrected chi connectivity index (χ4v) is 4.10. The standard InChI is InChI=1S/C16H18N2S2/c1-2-7-17-13(11-16-18-8-9-19-16)15-10-12-5-3-4-6-14(12)20-15/h3-6,8-10,13,17H,2,7,11H2,1H3. The minimum Gasteiger partial charge on any atom is -0.309 e. The first-order valence-electron chi connectivity index (χ1n) is 6.97. The van der Waals surface area contributed by atoms with E-state index in [1.807, 2.05) is 17.5 Å². The molecule has 104 valence electrons. The second-order valence-corrected chi connectivity index (χ2v) is 6.92. The van der Waals surface area contributed by atoms with E-state index >= 15 is 0 Å². The monoisotopic (exact) mass is 302 g/mol. The van der Waals surface area contributed by atoms with Crippen molar-refractivity contribution in [3.05, 3.63) is 51.8 Å². The molecule has 0 amide bonds. The largest absolute Gasteiger partial charge is 0.309 e. The molecule has 1 unspecified atom stereocenters. The zero-order valence-corrected chi connectivity index (χ0v) is 13.1. The molecule has 20 heavy (non-hydrogen) atoms. The predicted molar refractivity (Wildman–Crippen MR) is 88.7 cm³/mol. The van der Waals surface area contributed by atoms with Gasteiger partial charge >= 0.3 is 0 Å². The van der Waals surface area contributed by atoms with Crippen LogP contribution in [0.2, 0.25) is 0 Å². The lowest BCUT2D eigenvalue weighted by Crippen LogP contribution is -2.23. The number of thiazole rings is 1. The molecule has 0 saturated heterocycles. The number of thiophene rings is 1. The molecule has 0 aliphatic carbocycles. The molecule has 0 radical (unpaired) electrons. The lowest BCUT2D eigenvalue weighted by molar-refractivity contribution is 0.536. The highest BCUT2D eigenvalue weighted by molar-refractivity contribution is 7.19. The van der Waals surface area contributed by atoms with Crippen LogP contribution in [0.15, 0.2) is 41.9 Å². The van der Waals surface area contributed by atoms with Crippen molar-refractivity contribution >= 4 is 32.8 Å². The molecule has 1 aromatic carbocycles. The van der Waals surface area contributed by atoms with E-state index in [9.17, 15) is 0 Å². The summed E-state index contributed by atoms with van der Waals surface area (Å²) in [5.41, 5.74) is 0. The van der Waals surface area contributed by atoms with Crippen LogP contribution in [0.25, 0.3) is 10.1 Å². The molecule has 0 saturated carbocycles. The molecule has 2 nitrogen and oxygen atoms in total. The highest BCUT2D eigenvalue weighted by Gasteiger charge is 2.15. The molecule has 2 heterocycles. The normalized spacial score (nSPS) is 12.8. The highest BCUT2D eigenvalue weighted by Crippen LogP contribution is 2.31. The number of fused-ring (bicyclic) bond motifs is 1. The van der Waals surface area contributed by atoms with Gasteiger partial charge in [-0.15, -0.1) is 22.7 Å². The summed E-state index contributed by atoms with van der Waals surface area (Å²) in [6.07, 6.45) is 4.02. The van der Waals surface area contributed by atoms with E-state index in [1.165, 1.54) is 20.0 Å². The molecule has 3 rings (SSSR count). The Morgan fingerprint density at radius 3 is 2.95 bits per heavy atom. The molecule has 0 aliphatic heterocycles. The maximum atomic E-state index is 4.43. The molecule has 1 N–H and O–H groups in total. The summed E-state index contributed by atoms with van der Waals surface area (Å²) >= 11 is 3.63. The number of hydrogen-bond donors (Lipinski definition) is 1. The Bertz CT molecular complexity index is 625. The minimum atomic E-state index is 0.374. The number of rotatable bonds is 6. The smallest absolute Gasteiger partial charge is 0.0944 e. The third kappa shape index (κ3) is 3.08. The Labute approximate surface area is 127 Å². The van der Waals surface area contributed by atoms with Gasteiger partial charge in [0.05, 0.1) is 5.01 Å². The topological polar surface area (TPSA) is 24.9 Å². The first-order chi connectivity index (χ1) is 9.86. The van der Waals surface area contributed by atoms with Gasteiger partial charge in [-0.05, 0) is 30.5 Å². The number of nitrogens with one attached hydrogen (secondary N) is 1. The van der Waals surface area contributed by atoms with Crippen molar-refractivity contribution in [1.82, 2.24) is 10.3 Å². The van der Waals surface area contributed by atoms with E-state index in [1.54, 1.807) is 11.3 Å². The first-order valence-corrected chi connectivity index (χ1v) is 8.66. The Hall–Kier alpha value is -1.23. The number of benzene rings is 1. The molecular formula is C16H18N2S2. The number of aromatic nitrogens is 1. The van der Waals surface area contributed by atoms with Crippen molar-refractivity contribution in [2.24, 2.45) is 0 Å². The number of nitrogens with zero attached hydrogens (tertiary/aromatic N) is 1. The summed E-state index contributed by atoms with van der Waals surface area (Å²) in [4.78, 5) is 5.84. The van der Waals surface area contributed by atoms with Gasteiger partial charge in [0, 0.05) is 33.6 Å². The molecule has 2 aromatic heterocycles. The summed E-state index contributed by atoms with van der Waals surface area (Å²) in [6, 6.07) is 11.3. The molecule has 0 bridgehead atoms. The summed E-state index contributed by atoms with van der Waals surface area (Å²) < 4.78 is 1.37. The fraction of sp³-hybridized carbons (Fsp3) is 0.312. The summed E-state index contributed by atoms with van der Waals surface area (Å²) in [7, 11) is 0. The zero-order valence-electron chi connectivity index (χ0n) is 11.5. The SMILES string of the molecule is CCCNC(Cc1nccs1)c1cc2ccccc2s1. The molecular weight excluding hydrogens is 284 g/mol. The third-order valence-corrected chi connectivity index (χ3v) is 5.32. The summed E-state index contributed by atoms with van der Waals surface area (Å²) in [6.45, 7) is 3.25. The molecule has 3 aromatic rings. The van der Waals surface area contributed by atoms with E-state index in [-0.39, 0.29) is 0 Å². The van der Waals surface area contributed by atoms with Crippen LogP contribution in [-0.2, 0) is 6.42 Å². The lowest BCUT2D eigenvalue weighted by Gasteiger charge is -2.15. The quantitative estimate of drug-likeness (QED) is 0.717. The van der Waals surface area contributed by atoms with Crippen LogP contribution in [0.4, 0.5) is 0 Å². The van der Waals surface area contributed by atoms with E-state index < -0.39 is 0 Å². The zero-order chi connectivity index (χ0) is 13.8. The van der Waals surface area contributed by atoms with Crippen molar-refractivity contribution in [1.29, 1.82) is 0 Å². The van der Waals surface area contributed by atoms with Gasteiger partial charge in [-0.3, -0.25) is 0 Å². The average Bonchev–Trinajstić information content (AvgIpc) is 3.12. The van der Waals surface area contributed by atoms with Gasteiger partial charge in [-0.2, -0.15) is 0 Å². The van der Waals surface area contributed by atoms with Gasteiger partial charge in [0.15, 0.2) is 0 Å². The van der Waals surface area contributed by atoms with Crippen molar-refractivity contribution in [2.75, 3.05) is 6.54 Å². The lowest BCUT2D eigenvalue weighted by atomic mass is 10.1. The average molecular weight is 302 g/mol. The van der Waals surface area contributed by atoms with Crippen molar-refractivity contribution in [3.8, 4) is 0 Å². The van der Waals surface area contributed by atoms with Crippen LogP contribution in [-0.4, -0.2) is 11.5 Å². The first kappa shape index (κ1) is 13.7. The minimum absolute atomic E-state index is 0.374. The summed E-state index contributed by atoms with van der Waals surface area (Å²) in [5.74, 6) is 0. The van der Waals surface area contributed by atoms with E-state index in [4.69, 9.17) is 0 Å². The summed E-state index contributed by atoms with van der Waals surface area (Å²) in [5, 5.41) is 8.26. The maximum absolute atomic E-state index is 4.43. The van der Waals surface area contributed by atoms with E-state index in [0.717, 1.165) is 19.4 Å². The van der Waals surface area contributed by atoms with Crippen LogP contribution in [0.3, 0.4) is 0 Å². The second-order valence-electron chi connectivity index (χ2n) is 4.82.